The summed E-state index contributed by atoms with van der Waals surface area (Å²) in [6, 6.07) is 0. The van der Waals surface area contributed by atoms with E-state index in [0.717, 1.165) is 0 Å². The second-order valence-electron chi connectivity index (χ2n) is 1.97. The molecule has 52 valence electrons. The highest BCUT2D eigenvalue weighted by Crippen LogP contribution is 2.17. The van der Waals surface area contributed by atoms with E-state index in [9.17, 15) is 5.11 Å². The van der Waals surface area contributed by atoms with Crippen LogP contribution in [0.3, 0.4) is 0 Å². The van der Waals surface area contributed by atoms with Gasteiger partial charge in [-0.05, 0) is 12.1 Å². The van der Waals surface area contributed by atoms with E-state index in [1.807, 2.05) is 0 Å². The van der Waals surface area contributed by atoms with E-state index in [0.29, 0.717) is 11.3 Å². The van der Waals surface area contributed by atoms with Crippen LogP contribution in [-0.2, 0) is 0 Å². The Bertz CT molecular complexity index is 360. The Balaban J connectivity index is 2.95. The normalized spacial score (nSPS) is 10.9. The average molecular weight is 139 g/mol. The third-order valence-corrected chi connectivity index (χ3v) is 1.29. The molecule has 0 aliphatic rings. The Hall–Kier alpha value is -1.59. The largest absolute Gasteiger partial charge is 0.503 e. The van der Waals surface area contributed by atoms with Crippen LogP contribution >= 0.6 is 0 Å². The van der Waals surface area contributed by atoms with Gasteiger partial charge < -0.3 is 5.11 Å². The van der Waals surface area contributed by atoms with Gasteiger partial charge in [-0.15, -0.1) is 9.73 Å². The molecule has 0 spiro atoms. The van der Waals surface area contributed by atoms with Crippen molar-refractivity contribution < 1.29 is 5.11 Å². The molecule has 2 rings (SSSR count). The van der Waals surface area contributed by atoms with E-state index in [4.69, 9.17) is 0 Å². The molecular formula is C4H5N5O. The summed E-state index contributed by atoms with van der Waals surface area (Å²) in [4.78, 5) is 0. The zero-order chi connectivity index (χ0) is 7.14. The summed E-state index contributed by atoms with van der Waals surface area (Å²) in [6.07, 6.45) is 0. The molecule has 6 nitrogen and oxygen atoms in total. The molecule has 0 aromatic carbocycles. The molecule has 0 unspecified atom stereocenters. The predicted molar refractivity (Wildman–Crippen MR) is 31.5 cm³/mol. The number of aromatic hydroxyl groups is 1. The monoisotopic (exact) mass is 139 g/mol. The summed E-state index contributed by atoms with van der Waals surface area (Å²) in [7, 11) is 0. The van der Waals surface area contributed by atoms with Crippen molar-refractivity contribution in [2.75, 3.05) is 0 Å². The van der Waals surface area contributed by atoms with Crippen molar-refractivity contribution in [3.63, 3.8) is 0 Å². The molecular weight excluding hydrogens is 134 g/mol. The van der Waals surface area contributed by atoms with Gasteiger partial charge >= 0.3 is 0 Å². The number of nitrogens with zero attached hydrogens (tertiary/aromatic N) is 4. The van der Waals surface area contributed by atoms with Crippen molar-refractivity contribution in [1.29, 1.82) is 0 Å². The first kappa shape index (κ1) is 5.21. The second-order valence-corrected chi connectivity index (χ2v) is 1.97. The molecule has 10 heavy (non-hydrogen) atoms. The number of fused-ring (bicyclic) bond motifs is 1. The highest BCUT2D eigenvalue weighted by atomic mass is 16.3. The van der Waals surface area contributed by atoms with Crippen LogP contribution in [0.25, 0.3) is 5.65 Å². The molecule has 0 bridgehead atoms. The minimum Gasteiger partial charge on any atom is -0.503 e. The average Bonchev–Trinajstić information content (AvgIpc) is 2.41. The van der Waals surface area contributed by atoms with Crippen molar-refractivity contribution in [2.24, 2.45) is 0 Å². The molecule has 2 aromatic rings. The summed E-state index contributed by atoms with van der Waals surface area (Å²) in [5.74, 6) is 0.0775. The summed E-state index contributed by atoms with van der Waals surface area (Å²) in [6.45, 7) is 1.69. The number of nitrogens with one attached hydrogen (secondary N) is 1. The zero-order valence-electron chi connectivity index (χ0n) is 5.24. The van der Waals surface area contributed by atoms with Crippen molar-refractivity contribution in [1.82, 2.24) is 25.3 Å². The molecule has 6 heteroatoms. The Labute approximate surface area is 55.5 Å². The van der Waals surface area contributed by atoms with Gasteiger partial charge in [-0.1, -0.05) is 0 Å². The van der Waals surface area contributed by atoms with Crippen LogP contribution in [0.15, 0.2) is 0 Å². The van der Waals surface area contributed by atoms with Gasteiger partial charge in [0, 0.05) is 0 Å². The molecule has 0 aliphatic heterocycles. The maximum absolute atomic E-state index is 9.18. The Morgan fingerprint density at radius 2 is 2.40 bits per heavy atom. The van der Waals surface area contributed by atoms with Crippen molar-refractivity contribution in [3.05, 3.63) is 5.69 Å². The van der Waals surface area contributed by atoms with Gasteiger partial charge in [0.15, 0.2) is 5.75 Å². The van der Waals surface area contributed by atoms with E-state index >= 15 is 0 Å². The molecule has 0 atom stereocenters. The number of aromatic nitrogens is 5. The lowest BCUT2D eigenvalue weighted by atomic mass is 10.4. The third kappa shape index (κ3) is 0.450. The SMILES string of the molecule is Cc1nn2[nH]nnc2c1O. The maximum atomic E-state index is 9.18. The number of hydrogen-bond donors (Lipinski definition) is 2. The molecule has 0 aliphatic carbocycles. The third-order valence-electron chi connectivity index (χ3n) is 1.29. The molecule has 2 N–H and O–H groups in total. The maximum Gasteiger partial charge on any atom is 0.240 e. The Kier molecular flexibility index (Phi) is 0.765. The minimum absolute atomic E-state index is 0.0775. The van der Waals surface area contributed by atoms with Crippen LogP contribution in [0.1, 0.15) is 5.69 Å². The fourth-order valence-corrected chi connectivity index (χ4v) is 0.778. The Morgan fingerprint density at radius 3 is 3.10 bits per heavy atom. The smallest absolute Gasteiger partial charge is 0.240 e. The first-order chi connectivity index (χ1) is 4.79. The minimum atomic E-state index is 0.0775. The molecule has 0 saturated carbocycles. The van der Waals surface area contributed by atoms with E-state index in [2.05, 4.69) is 20.6 Å². The number of hydrogen-bond acceptors (Lipinski definition) is 4. The number of H-pyrrole nitrogens is 1. The highest BCUT2D eigenvalue weighted by Gasteiger charge is 2.08. The molecule has 0 fully saturated rings. The molecule has 0 saturated heterocycles. The van der Waals surface area contributed by atoms with Crippen molar-refractivity contribution in [3.8, 4) is 5.75 Å². The van der Waals surface area contributed by atoms with Gasteiger partial charge in [0.1, 0.15) is 5.69 Å². The molecule has 2 aromatic heterocycles. The van der Waals surface area contributed by atoms with Crippen molar-refractivity contribution >= 4 is 5.65 Å². The van der Waals surface area contributed by atoms with E-state index in [-0.39, 0.29) is 5.75 Å². The van der Waals surface area contributed by atoms with Crippen molar-refractivity contribution in [2.45, 2.75) is 6.92 Å². The van der Waals surface area contributed by atoms with E-state index < -0.39 is 0 Å². The van der Waals surface area contributed by atoms with Crippen LogP contribution in [-0.4, -0.2) is 30.4 Å². The summed E-state index contributed by atoms with van der Waals surface area (Å²) in [5.41, 5.74) is 0.902. The van der Waals surface area contributed by atoms with Gasteiger partial charge in [-0.2, -0.15) is 10.3 Å². The number of rotatable bonds is 0. The summed E-state index contributed by atoms with van der Waals surface area (Å²) >= 11 is 0. The van der Waals surface area contributed by atoms with Gasteiger partial charge in [-0.25, -0.2) is 0 Å². The predicted octanol–water partition coefficient (Wildman–Crippen LogP) is -0.534. The van der Waals surface area contributed by atoms with E-state index in [1.165, 1.54) is 4.63 Å². The molecule has 0 radical (unpaired) electrons. The lowest BCUT2D eigenvalue weighted by Crippen LogP contribution is -1.86. The van der Waals surface area contributed by atoms with Crippen LogP contribution in [0, 0.1) is 6.92 Å². The summed E-state index contributed by atoms with van der Waals surface area (Å²) < 4.78 is 1.31. The topological polar surface area (TPSA) is 79.1 Å². The zero-order valence-corrected chi connectivity index (χ0v) is 5.24. The van der Waals surface area contributed by atoms with Gasteiger partial charge in [-0.3, -0.25) is 0 Å². The second kappa shape index (κ2) is 1.47. The fraction of sp³-hybridized carbons (Fsp3) is 0.250. The first-order valence-corrected chi connectivity index (χ1v) is 2.74. The molecule has 0 amide bonds. The molecule has 2 heterocycles. The van der Waals surface area contributed by atoms with Gasteiger partial charge in [0.05, 0.1) is 0 Å². The standard InChI is InChI=1S/C4H5N5O/c1-2-3(10)4-5-7-8-9(4)6-2/h10H,1H3,(H,5,8). The lowest BCUT2D eigenvalue weighted by Gasteiger charge is -1.78. The van der Waals surface area contributed by atoms with E-state index in [1.54, 1.807) is 6.92 Å². The van der Waals surface area contributed by atoms with Crippen LogP contribution in [0.4, 0.5) is 0 Å². The number of tetrazole rings is 1. The quantitative estimate of drug-likeness (QED) is 0.514. The first-order valence-electron chi connectivity index (χ1n) is 2.74. The van der Waals surface area contributed by atoms with Gasteiger partial charge in [0.2, 0.25) is 5.65 Å². The number of aromatic amines is 1. The van der Waals surface area contributed by atoms with Gasteiger partial charge in [0.25, 0.3) is 0 Å². The highest BCUT2D eigenvalue weighted by molar-refractivity contribution is 5.52. The Morgan fingerprint density at radius 1 is 1.60 bits per heavy atom. The number of aryl methyl sites for hydroxylation is 1. The lowest BCUT2D eigenvalue weighted by molar-refractivity contribution is 0.475. The fourth-order valence-electron chi connectivity index (χ4n) is 0.778. The van der Waals surface area contributed by atoms with Crippen LogP contribution < -0.4 is 0 Å². The van der Waals surface area contributed by atoms with Crippen LogP contribution in [0.5, 0.6) is 5.75 Å². The summed E-state index contributed by atoms with van der Waals surface area (Å²) in [5, 5.41) is 22.5. The van der Waals surface area contributed by atoms with Crippen LogP contribution in [0.2, 0.25) is 0 Å².